The van der Waals surface area contributed by atoms with Crippen molar-refractivity contribution in [3.8, 4) is 0 Å². The van der Waals surface area contributed by atoms with Crippen LogP contribution in [0, 0.1) is 20.2 Å². The normalized spacial score (nSPS) is 12.0. The lowest BCUT2D eigenvalue weighted by Crippen LogP contribution is -2.40. The Bertz CT molecular complexity index is 1080. The Morgan fingerprint density at radius 1 is 0.967 bits per heavy atom. The van der Waals surface area contributed by atoms with Crippen molar-refractivity contribution in [3.05, 3.63) is 74.3 Å². The number of non-ortho nitro benzene ring substituents is 2. The van der Waals surface area contributed by atoms with Crippen LogP contribution >= 0.6 is 0 Å². The number of Topliss-reactive ketones (excluding diaryl/α,β-unsaturated/α-hetero) is 1. The van der Waals surface area contributed by atoms with E-state index in [1.807, 2.05) is 4.72 Å². The summed E-state index contributed by atoms with van der Waals surface area (Å²) in [5.41, 5.74) is -0.434. The molecule has 0 fully saturated rings. The monoisotopic (exact) mass is 437 g/mol. The molecule has 0 spiro atoms. The predicted octanol–water partition coefficient (Wildman–Crippen LogP) is 1.60. The summed E-state index contributed by atoms with van der Waals surface area (Å²) < 4.78 is 31.4. The Morgan fingerprint density at radius 3 is 1.90 bits per heavy atom. The average molecular weight is 437 g/mol. The molecule has 13 heteroatoms. The van der Waals surface area contributed by atoms with Crippen molar-refractivity contribution in [3.63, 3.8) is 0 Å². The summed E-state index contributed by atoms with van der Waals surface area (Å²) in [7, 11) is -4.17. The molecule has 0 amide bonds. The third-order valence-electron chi connectivity index (χ3n) is 3.79. The van der Waals surface area contributed by atoms with E-state index in [0.29, 0.717) is 0 Å². The summed E-state index contributed by atoms with van der Waals surface area (Å²) in [4.78, 5) is 43.6. The Morgan fingerprint density at radius 2 is 1.43 bits per heavy atom. The Labute approximate surface area is 169 Å². The van der Waals surface area contributed by atoms with Crippen LogP contribution in [0.15, 0.2) is 53.4 Å². The van der Waals surface area contributed by atoms with Crippen LogP contribution in [0.1, 0.15) is 17.3 Å². The minimum absolute atomic E-state index is 0.0764. The third-order valence-corrected chi connectivity index (χ3v) is 5.35. The van der Waals surface area contributed by atoms with Crippen LogP contribution in [-0.2, 0) is 19.6 Å². The van der Waals surface area contributed by atoms with Crippen molar-refractivity contribution >= 4 is 33.2 Å². The molecule has 2 aromatic carbocycles. The summed E-state index contributed by atoms with van der Waals surface area (Å²) in [6.45, 7) is 0.502. The molecule has 12 nitrogen and oxygen atoms in total. The molecule has 0 aliphatic carbocycles. The average Bonchev–Trinajstić information content (AvgIpc) is 2.71. The van der Waals surface area contributed by atoms with Crippen LogP contribution in [-0.4, -0.2) is 42.7 Å². The Hall–Kier alpha value is -3.71. The van der Waals surface area contributed by atoms with Gasteiger partial charge < -0.3 is 4.74 Å². The molecule has 0 saturated carbocycles. The standard InChI is InChI=1S/C17H15N3O9S/c1-11(18-30(27,28)15-8-6-14(7-9-15)20(25)26)17(22)29-10-16(21)12-2-4-13(5-3-12)19(23)24/h2-9,11,18H,10H2,1H3/t11-/m0/s1. The molecule has 0 aliphatic rings. The maximum absolute atomic E-state index is 12.3. The zero-order valence-corrected chi connectivity index (χ0v) is 16.2. The van der Waals surface area contributed by atoms with Gasteiger partial charge in [-0.1, -0.05) is 0 Å². The predicted molar refractivity (Wildman–Crippen MR) is 101 cm³/mol. The molecule has 2 aromatic rings. The summed E-state index contributed by atoms with van der Waals surface area (Å²) in [5.74, 6) is -1.67. The lowest BCUT2D eigenvalue weighted by molar-refractivity contribution is -0.385. The number of nitro groups is 2. The SMILES string of the molecule is C[C@H](NS(=O)(=O)c1ccc([N+](=O)[O-])cc1)C(=O)OCC(=O)c1ccc([N+](=O)[O-])cc1. The van der Waals surface area contributed by atoms with Crippen molar-refractivity contribution in [2.24, 2.45) is 0 Å². The van der Waals surface area contributed by atoms with Crippen LogP contribution < -0.4 is 4.72 Å². The molecule has 1 N–H and O–H groups in total. The molecular formula is C17H15N3O9S. The maximum atomic E-state index is 12.3. The quantitative estimate of drug-likeness (QED) is 0.264. The number of ether oxygens (including phenoxy) is 1. The number of benzene rings is 2. The van der Waals surface area contributed by atoms with Gasteiger partial charge in [0.25, 0.3) is 11.4 Å². The van der Waals surface area contributed by atoms with E-state index in [1.54, 1.807) is 0 Å². The summed E-state index contributed by atoms with van der Waals surface area (Å²) in [6, 6.07) is 7.32. The van der Waals surface area contributed by atoms with Crippen molar-refractivity contribution in [2.45, 2.75) is 17.9 Å². The second kappa shape index (κ2) is 9.19. The van der Waals surface area contributed by atoms with Gasteiger partial charge in [-0.3, -0.25) is 29.8 Å². The Balaban J connectivity index is 1.95. The van der Waals surface area contributed by atoms with Crippen LogP contribution in [0.4, 0.5) is 11.4 Å². The van der Waals surface area contributed by atoms with Gasteiger partial charge in [-0.05, 0) is 31.2 Å². The lowest BCUT2D eigenvalue weighted by Gasteiger charge is -2.13. The van der Waals surface area contributed by atoms with E-state index in [4.69, 9.17) is 4.74 Å². The number of sulfonamides is 1. The van der Waals surface area contributed by atoms with Crippen molar-refractivity contribution in [1.82, 2.24) is 4.72 Å². The van der Waals surface area contributed by atoms with Gasteiger partial charge in [-0.25, -0.2) is 8.42 Å². The third kappa shape index (κ3) is 5.65. The topological polar surface area (TPSA) is 176 Å². The number of rotatable bonds is 9. The zero-order valence-electron chi connectivity index (χ0n) is 15.4. The molecule has 0 aliphatic heterocycles. The lowest BCUT2D eigenvalue weighted by atomic mass is 10.1. The number of hydrogen-bond donors (Lipinski definition) is 1. The van der Waals surface area contributed by atoms with E-state index in [0.717, 1.165) is 36.4 Å². The highest BCUT2D eigenvalue weighted by molar-refractivity contribution is 7.89. The second-order valence-electron chi connectivity index (χ2n) is 5.93. The van der Waals surface area contributed by atoms with Crippen molar-refractivity contribution in [2.75, 3.05) is 6.61 Å². The number of carbonyl (C=O) groups is 2. The smallest absolute Gasteiger partial charge is 0.324 e. The van der Waals surface area contributed by atoms with Gasteiger partial charge in [0.05, 0.1) is 14.7 Å². The van der Waals surface area contributed by atoms with Crippen molar-refractivity contribution in [1.29, 1.82) is 0 Å². The van der Waals surface area contributed by atoms with Gasteiger partial charge in [0, 0.05) is 29.8 Å². The van der Waals surface area contributed by atoms with E-state index < -0.39 is 44.3 Å². The van der Waals surface area contributed by atoms with E-state index in [1.165, 1.54) is 19.1 Å². The first-order valence-corrected chi connectivity index (χ1v) is 9.70. The first kappa shape index (κ1) is 22.6. The van der Waals surface area contributed by atoms with Crippen molar-refractivity contribution < 1.29 is 32.6 Å². The molecule has 0 heterocycles. The number of nitrogens with zero attached hydrogens (tertiary/aromatic N) is 2. The number of nitro benzene ring substituents is 2. The van der Waals surface area contributed by atoms with E-state index >= 15 is 0 Å². The molecule has 30 heavy (non-hydrogen) atoms. The largest absolute Gasteiger partial charge is 0.456 e. The first-order chi connectivity index (χ1) is 14.0. The minimum atomic E-state index is -4.17. The Kier molecular flexibility index (Phi) is 6.92. The van der Waals surface area contributed by atoms with Gasteiger partial charge in [-0.15, -0.1) is 0 Å². The molecule has 0 radical (unpaired) electrons. The molecule has 1 atom stereocenters. The van der Waals surface area contributed by atoms with Crippen LogP contribution in [0.25, 0.3) is 0 Å². The fourth-order valence-corrected chi connectivity index (χ4v) is 3.40. The van der Waals surface area contributed by atoms with Crippen LogP contribution in [0.3, 0.4) is 0 Å². The zero-order chi connectivity index (χ0) is 22.5. The number of esters is 1. The molecular weight excluding hydrogens is 422 g/mol. The molecule has 0 saturated heterocycles. The maximum Gasteiger partial charge on any atom is 0.324 e. The van der Waals surface area contributed by atoms with Gasteiger partial charge >= 0.3 is 5.97 Å². The fraction of sp³-hybridized carbons (Fsp3) is 0.176. The number of nitrogens with one attached hydrogen (secondary N) is 1. The van der Waals surface area contributed by atoms with Crippen LogP contribution in [0.2, 0.25) is 0 Å². The van der Waals surface area contributed by atoms with Gasteiger partial charge in [0.1, 0.15) is 6.04 Å². The first-order valence-electron chi connectivity index (χ1n) is 8.22. The number of hydrogen-bond acceptors (Lipinski definition) is 9. The molecule has 2 rings (SSSR count). The second-order valence-corrected chi connectivity index (χ2v) is 7.64. The summed E-state index contributed by atoms with van der Waals surface area (Å²) in [6.07, 6.45) is 0. The molecule has 0 aromatic heterocycles. The highest BCUT2D eigenvalue weighted by Crippen LogP contribution is 2.16. The fourth-order valence-electron chi connectivity index (χ4n) is 2.21. The molecule has 0 unspecified atom stereocenters. The van der Waals surface area contributed by atoms with E-state index in [9.17, 15) is 38.2 Å². The van der Waals surface area contributed by atoms with Gasteiger partial charge in [-0.2, -0.15) is 4.72 Å². The molecule has 0 bridgehead atoms. The number of ketones is 1. The number of carbonyl (C=O) groups excluding carboxylic acids is 2. The summed E-state index contributed by atoms with van der Waals surface area (Å²) >= 11 is 0. The minimum Gasteiger partial charge on any atom is -0.456 e. The van der Waals surface area contributed by atoms with Crippen LogP contribution in [0.5, 0.6) is 0 Å². The highest BCUT2D eigenvalue weighted by atomic mass is 32.2. The molecule has 158 valence electrons. The van der Waals surface area contributed by atoms with E-state index in [2.05, 4.69) is 0 Å². The van der Waals surface area contributed by atoms with Gasteiger partial charge in [0.15, 0.2) is 12.4 Å². The van der Waals surface area contributed by atoms with Gasteiger partial charge in [0.2, 0.25) is 10.0 Å². The summed E-state index contributed by atoms with van der Waals surface area (Å²) in [5, 5.41) is 21.2. The highest BCUT2D eigenvalue weighted by Gasteiger charge is 2.24. The van der Waals surface area contributed by atoms with E-state index in [-0.39, 0.29) is 21.8 Å².